The fourth-order valence-corrected chi connectivity index (χ4v) is 9.30. The molecule has 1 spiro atoms. The monoisotopic (exact) mass is 431 g/mol. The summed E-state index contributed by atoms with van der Waals surface area (Å²) in [5.74, 6) is 1.45. The van der Waals surface area contributed by atoms with Crippen LogP contribution in [0.25, 0.3) is 0 Å². The van der Waals surface area contributed by atoms with Crippen molar-refractivity contribution in [2.24, 2.45) is 28.6 Å². The van der Waals surface area contributed by atoms with Crippen LogP contribution in [0.3, 0.4) is 0 Å². The Bertz CT molecular complexity index is 827. The molecular weight excluding hydrogens is 394 g/mol. The summed E-state index contributed by atoms with van der Waals surface area (Å²) in [5, 5.41) is 0. The van der Waals surface area contributed by atoms with Crippen LogP contribution in [0.2, 0.25) is 0 Å². The molecule has 6 heteroatoms. The van der Waals surface area contributed by atoms with E-state index in [-0.39, 0.29) is 52.5 Å². The molecule has 1 saturated heterocycles. The van der Waals surface area contributed by atoms with Crippen molar-refractivity contribution in [3.8, 4) is 0 Å². The van der Waals surface area contributed by atoms with Crippen LogP contribution in [0, 0.1) is 28.6 Å². The van der Waals surface area contributed by atoms with Crippen molar-refractivity contribution >= 4 is 17.8 Å². The lowest BCUT2D eigenvalue weighted by atomic mass is 9.45. The number of esters is 2. The molecule has 31 heavy (non-hydrogen) atoms. The van der Waals surface area contributed by atoms with Crippen LogP contribution in [0.15, 0.2) is 0 Å². The second-order valence-electron chi connectivity index (χ2n) is 11.6. The van der Waals surface area contributed by atoms with Crippen LogP contribution in [0.4, 0.5) is 0 Å². The zero-order chi connectivity index (χ0) is 22.3. The molecule has 5 rings (SSSR count). The number of likely N-dealkylation sites (tertiary alicyclic amines) is 1. The minimum Gasteiger partial charge on any atom is -0.462 e. The molecule has 0 radical (unpaired) electrons. The van der Waals surface area contributed by atoms with Gasteiger partial charge in [0.05, 0.1) is 11.6 Å². The molecule has 172 valence electrons. The summed E-state index contributed by atoms with van der Waals surface area (Å²) in [6.07, 6.45) is 7.95. The zero-order valence-corrected chi connectivity index (χ0v) is 19.6. The zero-order valence-electron chi connectivity index (χ0n) is 19.6. The van der Waals surface area contributed by atoms with E-state index in [0.717, 1.165) is 51.4 Å². The van der Waals surface area contributed by atoms with Crippen molar-refractivity contribution in [2.45, 2.75) is 110 Å². The molecule has 0 aromatic carbocycles. The number of carbonyl (C=O) groups is 3. The first-order valence-corrected chi connectivity index (χ1v) is 12.2. The van der Waals surface area contributed by atoms with Crippen LogP contribution in [-0.4, -0.2) is 46.5 Å². The lowest BCUT2D eigenvalue weighted by Crippen LogP contribution is -2.59. The van der Waals surface area contributed by atoms with Gasteiger partial charge < -0.3 is 14.4 Å². The maximum absolute atomic E-state index is 12.7. The highest BCUT2D eigenvalue weighted by Gasteiger charge is 2.79. The van der Waals surface area contributed by atoms with Gasteiger partial charge in [0.2, 0.25) is 5.91 Å². The molecule has 1 amide bonds. The smallest absolute Gasteiger partial charge is 0.302 e. The van der Waals surface area contributed by atoms with Crippen LogP contribution in [0.1, 0.15) is 86.0 Å². The van der Waals surface area contributed by atoms with E-state index in [1.54, 1.807) is 6.92 Å². The van der Waals surface area contributed by atoms with Crippen LogP contribution >= 0.6 is 0 Å². The van der Waals surface area contributed by atoms with E-state index >= 15 is 0 Å². The number of rotatable bonds is 2. The summed E-state index contributed by atoms with van der Waals surface area (Å²) in [6.45, 7) is 9.46. The molecule has 0 aromatic rings. The summed E-state index contributed by atoms with van der Waals surface area (Å²) < 4.78 is 11.4. The first-order chi connectivity index (χ1) is 14.5. The van der Waals surface area contributed by atoms with Crippen molar-refractivity contribution in [2.75, 3.05) is 0 Å². The van der Waals surface area contributed by atoms with Gasteiger partial charge in [-0.15, -0.1) is 0 Å². The molecule has 4 aliphatic carbocycles. The number of hydrogen-bond acceptors (Lipinski definition) is 5. The minimum absolute atomic E-state index is 0.0262. The number of ether oxygens (including phenoxy) is 2. The maximum atomic E-state index is 12.7. The van der Waals surface area contributed by atoms with Crippen LogP contribution in [-0.2, 0) is 23.9 Å². The summed E-state index contributed by atoms with van der Waals surface area (Å²) >= 11 is 0. The van der Waals surface area contributed by atoms with Gasteiger partial charge in [0.15, 0.2) is 0 Å². The molecular formula is C25H37NO5. The molecule has 0 N–H and O–H groups in total. The van der Waals surface area contributed by atoms with E-state index in [1.807, 2.05) is 0 Å². The summed E-state index contributed by atoms with van der Waals surface area (Å²) in [7, 11) is 0. The van der Waals surface area contributed by atoms with Gasteiger partial charge in [-0.2, -0.15) is 0 Å². The quantitative estimate of drug-likeness (QED) is 0.490. The minimum atomic E-state index is -0.221. The first kappa shape index (κ1) is 21.3. The molecule has 0 bridgehead atoms. The summed E-state index contributed by atoms with van der Waals surface area (Å²) in [4.78, 5) is 38.2. The van der Waals surface area contributed by atoms with E-state index in [2.05, 4.69) is 18.7 Å². The van der Waals surface area contributed by atoms with Crippen molar-refractivity contribution in [3.63, 3.8) is 0 Å². The number of nitrogens with zero attached hydrogens (tertiary/aromatic N) is 1. The fourth-order valence-electron chi connectivity index (χ4n) is 9.30. The first-order valence-electron chi connectivity index (χ1n) is 12.2. The van der Waals surface area contributed by atoms with Crippen molar-refractivity contribution in [1.29, 1.82) is 0 Å². The standard InChI is InChI=1S/C25H37NO5/c1-14(27)26-21-12-18-19-6-7-22(31-16(3)29)23(19,4)10-9-20(18)24(5)11-8-17(30-15(2)28)13-25(21,24)26/h17-22H,6-13H2,1-5H3/t17-,18-,19-,20-,21-,22-,23-,24+,25-,26?/m0/s1. The third kappa shape index (κ3) is 2.72. The van der Waals surface area contributed by atoms with Crippen LogP contribution < -0.4 is 0 Å². The normalized spacial score (nSPS) is 49.8. The number of amides is 1. The Morgan fingerprint density at radius 2 is 1.58 bits per heavy atom. The van der Waals surface area contributed by atoms with Gasteiger partial charge in [-0.05, 0) is 68.1 Å². The van der Waals surface area contributed by atoms with E-state index in [4.69, 9.17) is 9.47 Å². The lowest BCUT2D eigenvalue weighted by Gasteiger charge is -2.59. The molecule has 5 aliphatic rings. The number of fused-ring (bicyclic) bond motifs is 4. The average Bonchev–Trinajstić information content (AvgIpc) is 3.19. The van der Waals surface area contributed by atoms with E-state index in [0.29, 0.717) is 17.8 Å². The Labute approximate surface area is 185 Å². The van der Waals surface area contributed by atoms with Crippen molar-refractivity contribution in [3.05, 3.63) is 0 Å². The van der Waals surface area contributed by atoms with E-state index in [1.165, 1.54) is 13.8 Å². The molecule has 1 aliphatic heterocycles. The summed E-state index contributed by atoms with van der Waals surface area (Å²) in [6, 6.07) is 0.254. The molecule has 4 saturated carbocycles. The van der Waals surface area contributed by atoms with Gasteiger partial charge in [-0.3, -0.25) is 14.4 Å². The Kier molecular flexibility index (Phi) is 4.60. The van der Waals surface area contributed by atoms with Gasteiger partial charge in [0.25, 0.3) is 0 Å². The predicted octanol–water partition coefficient (Wildman–Crippen LogP) is 3.86. The van der Waals surface area contributed by atoms with Gasteiger partial charge in [-0.25, -0.2) is 0 Å². The van der Waals surface area contributed by atoms with Crippen molar-refractivity contribution < 1.29 is 23.9 Å². The fraction of sp³-hybridized carbons (Fsp3) is 0.880. The molecule has 0 unspecified atom stereocenters. The molecule has 0 aromatic heterocycles. The second-order valence-corrected chi connectivity index (χ2v) is 11.6. The molecule has 6 nitrogen and oxygen atoms in total. The highest BCUT2D eigenvalue weighted by atomic mass is 16.5. The average molecular weight is 432 g/mol. The number of carbonyl (C=O) groups excluding carboxylic acids is 3. The van der Waals surface area contributed by atoms with E-state index in [9.17, 15) is 14.4 Å². The Morgan fingerprint density at radius 1 is 0.871 bits per heavy atom. The third-order valence-electron chi connectivity index (χ3n) is 10.4. The Hall–Kier alpha value is -1.59. The molecule has 5 fully saturated rings. The molecule has 9 atom stereocenters. The Morgan fingerprint density at radius 3 is 2.23 bits per heavy atom. The second kappa shape index (κ2) is 6.71. The van der Waals surface area contributed by atoms with Crippen LogP contribution in [0.5, 0.6) is 0 Å². The SMILES string of the molecule is CC(=O)O[C@H]1CC[C@]2(C)[C@H]3CC[C@]4(C)[C@@H](OC(C)=O)CC[C@H]4[C@@H]3C[C@@H]3N(C(C)=O)[C@@]32C1. The van der Waals surface area contributed by atoms with Crippen molar-refractivity contribution in [1.82, 2.24) is 4.90 Å². The highest BCUT2D eigenvalue weighted by molar-refractivity contribution is 5.79. The Balaban J connectivity index is 1.47. The van der Waals surface area contributed by atoms with E-state index < -0.39 is 0 Å². The summed E-state index contributed by atoms with van der Waals surface area (Å²) in [5.41, 5.74) is -0.0438. The molecule has 1 heterocycles. The van der Waals surface area contributed by atoms with Gasteiger partial charge in [0, 0.05) is 32.6 Å². The number of hydrogen-bond donors (Lipinski definition) is 0. The predicted molar refractivity (Wildman–Crippen MR) is 114 cm³/mol. The largest absolute Gasteiger partial charge is 0.462 e. The van der Waals surface area contributed by atoms with Gasteiger partial charge >= 0.3 is 11.9 Å². The maximum Gasteiger partial charge on any atom is 0.302 e. The van der Waals surface area contributed by atoms with Gasteiger partial charge in [-0.1, -0.05) is 13.8 Å². The highest BCUT2D eigenvalue weighted by Crippen LogP contribution is 2.74. The van der Waals surface area contributed by atoms with Gasteiger partial charge in [0.1, 0.15) is 12.2 Å². The third-order valence-corrected chi connectivity index (χ3v) is 10.4. The lowest BCUT2D eigenvalue weighted by molar-refractivity contribution is -0.163. The topological polar surface area (TPSA) is 72.7 Å².